The lowest BCUT2D eigenvalue weighted by molar-refractivity contribution is 0.313. The first-order chi connectivity index (χ1) is 8.84. The Morgan fingerprint density at radius 2 is 2.00 bits per heavy atom. The lowest BCUT2D eigenvalue weighted by Crippen LogP contribution is -2.20. The van der Waals surface area contributed by atoms with Crippen molar-refractivity contribution in [1.82, 2.24) is 10.3 Å². The van der Waals surface area contributed by atoms with Crippen molar-refractivity contribution in [2.24, 2.45) is 0 Å². The molecule has 4 heteroatoms. The van der Waals surface area contributed by atoms with E-state index in [1.165, 1.54) is 5.56 Å². The van der Waals surface area contributed by atoms with Crippen molar-refractivity contribution in [3.05, 3.63) is 58.8 Å². The van der Waals surface area contributed by atoms with Crippen LogP contribution in [0.25, 0.3) is 0 Å². The van der Waals surface area contributed by atoms with Gasteiger partial charge in [-0.3, -0.25) is 4.98 Å². The Hall–Kier alpha value is -1.39. The Balaban J connectivity index is 1.65. The summed E-state index contributed by atoms with van der Waals surface area (Å²) in [6.07, 6.45) is 3.60. The summed E-state index contributed by atoms with van der Waals surface area (Å²) in [6.45, 7) is 2.31. The minimum absolute atomic E-state index is 0.654. The SMILES string of the molecule is Brc1cccc(OCCNCc2ccncc2)c1. The predicted molar refractivity (Wildman–Crippen MR) is 75.6 cm³/mol. The van der Waals surface area contributed by atoms with Gasteiger partial charge in [0, 0.05) is 30.0 Å². The summed E-state index contributed by atoms with van der Waals surface area (Å²) in [7, 11) is 0. The zero-order chi connectivity index (χ0) is 12.6. The van der Waals surface area contributed by atoms with Crippen molar-refractivity contribution < 1.29 is 4.74 Å². The van der Waals surface area contributed by atoms with Crippen LogP contribution in [0.4, 0.5) is 0 Å². The van der Waals surface area contributed by atoms with Crippen LogP contribution in [0.1, 0.15) is 5.56 Å². The number of pyridine rings is 1. The first-order valence-electron chi connectivity index (χ1n) is 5.82. The average molecular weight is 307 g/mol. The summed E-state index contributed by atoms with van der Waals surface area (Å²) in [5.74, 6) is 0.884. The van der Waals surface area contributed by atoms with Crippen LogP contribution < -0.4 is 10.1 Å². The Morgan fingerprint density at radius 3 is 2.78 bits per heavy atom. The highest BCUT2D eigenvalue weighted by Gasteiger charge is 1.95. The summed E-state index contributed by atoms with van der Waals surface area (Å²) >= 11 is 3.41. The molecule has 0 fully saturated rings. The number of benzene rings is 1. The Bertz CT molecular complexity index is 476. The van der Waals surface area contributed by atoms with Gasteiger partial charge in [-0.05, 0) is 35.9 Å². The number of ether oxygens (including phenoxy) is 1. The molecule has 0 saturated carbocycles. The molecule has 0 aliphatic rings. The summed E-state index contributed by atoms with van der Waals surface area (Å²) in [5, 5.41) is 3.32. The van der Waals surface area contributed by atoms with Crippen molar-refractivity contribution in [1.29, 1.82) is 0 Å². The molecule has 0 saturated heterocycles. The summed E-state index contributed by atoms with van der Waals surface area (Å²) in [5.41, 5.74) is 1.23. The van der Waals surface area contributed by atoms with Crippen molar-refractivity contribution in [2.45, 2.75) is 6.54 Å². The van der Waals surface area contributed by atoms with Gasteiger partial charge in [0.1, 0.15) is 12.4 Å². The van der Waals surface area contributed by atoms with Crippen molar-refractivity contribution in [3.63, 3.8) is 0 Å². The van der Waals surface area contributed by atoms with Crippen molar-refractivity contribution in [3.8, 4) is 5.75 Å². The summed E-state index contributed by atoms with van der Waals surface area (Å²) < 4.78 is 6.65. The third kappa shape index (κ3) is 4.47. The lowest BCUT2D eigenvalue weighted by atomic mass is 10.3. The van der Waals surface area contributed by atoms with E-state index >= 15 is 0 Å². The minimum Gasteiger partial charge on any atom is -0.492 e. The van der Waals surface area contributed by atoms with Crippen LogP contribution in [-0.4, -0.2) is 18.1 Å². The molecule has 0 aliphatic heterocycles. The molecule has 0 bridgehead atoms. The molecule has 2 rings (SSSR count). The molecule has 2 aromatic rings. The van der Waals surface area contributed by atoms with Gasteiger partial charge in [-0.2, -0.15) is 0 Å². The molecule has 18 heavy (non-hydrogen) atoms. The van der Waals surface area contributed by atoms with Gasteiger partial charge in [0.15, 0.2) is 0 Å². The highest BCUT2D eigenvalue weighted by atomic mass is 79.9. The highest BCUT2D eigenvalue weighted by Crippen LogP contribution is 2.17. The molecular weight excluding hydrogens is 292 g/mol. The van der Waals surface area contributed by atoms with E-state index in [1.807, 2.05) is 36.4 Å². The Kier molecular flexibility index (Phi) is 5.17. The van der Waals surface area contributed by atoms with E-state index in [-0.39, 0.29) is 0 Å². The molecule has 1 heterocycles. The third-order valence-electron chi connectivity index (χ3n) is 2.42. The van der Waals surface area contributed by atoms with E-state index in [4.69, 9.17) is 4.74 Å². The largest absolute Gasteiger partial charge is 0.492 e. The monoisotopic (exact) mass is 306 g/mol. The first-order valence-corrected chi connectivity index (χ1v) is 6.62. The second-order valence-corrected chi connectivity index (χ2v) is 4.75. The molecule has 0 atom stereocenters. The third-order valence-corrected chi connectivity index (χ3v) is 2.92. The number of halogens is 1. The fourth-order valence-corrected chi connectivity index (χ4v) is 1.91. The predicted octanol–water partition coefficient (Wildman–Crippen LogP) is 3.01. The maximum Gasteiger partial charge on any atom is 0.120 e. The van der Waals surface area contributed by atoms with Gasteiger partial charge < -0.3 is 10.1 Å². The van der Waals surface area contributed by atoms with Crippen LogP contribution >= 0.6 is 15.9 Å². The fraction of sp³-hybridized carbons (Fsp3) is 0.214. The van der Waals surface area contributed by atoms with Gasteiger partial charge >= 0.3 is 0 Å². The maximum absolute atomic E-state index is 5.62. The number of aromatic nitrogens is 1. The second-order valence-electron chi connectivity index (χ2n) is 3.84. The minimum atomic E-state index is 0.654. The quantitative estimate of drug-likeness (QED) is 0.833. The smallest absolute Gasteiger partial charge is 0.120 e. The van der Waals surface area contributed by atoms with E-state index in [2.05, 4.69) is 26.2 Å². The molecule has 0 unspecified atom stereocenters. The van der Waals surface area contributed by atoms with Crippen molar-refractivity contribution >= 4 is 15.9 Å². The zero-order valence-electron chi connectivity index (χ0n) is 9.97. The van der Waals surface area contributed by atoms with Gasteiger partial charge in [-0.15, -0.1) is 0 Å². The summed E-state index contributed by atoms with van der Waals surface area (Å²) in [4.78, 5) is 3.98. The Morgan fingerprint density at radius 1 is 1.17 bits per heavy atom. The molecule has 0 amide bonds. The van der Waals surface area contributed by atoms with Crippen LogP contribution in [0.5, 0.6) is 5.75 Å². The molecule has 0 aliphatic carbocycles. The average Bonchev–Trinajstić information content (AvgIpc) is 2.40. The van der Waals surface area contributed by atoms with Crippen molar-refractivity contribution in [2.75, 3.05) is 13.2 Å². The van der Waals surface area contributed by atoms with E-state index in [1.54, 1.807) is 12.4 Å². The molecular formula is C14H15BrN2O. The van der Waals surface area contributed by atoms with Crippen LogP contribution in [0.15, 0.2) is 53.3 Å². The van der Waals surface area contributed by atoms with Crippen LogP contribution in [0, 0.1) is 0 Å². The number of nitrogens with one attached hydrogen (secondary N) is 1. The fourth-order valence-electron chi connectivity index (χ4n) is 1.53. The maximum atomic E-state index is 5.62. The van der Waals surface area contributed by atoms with E-state index in [0.29, 0.717) is 6.61 Å². The molecule has 0 radical (unpaired) electrons. The molecule has 3 nitrogen and oxygen atoms in total. The van der Waals surface area contributed by atoms with E-state index in [0.717, 1.165) is 23.3 Å². The molecule has 94 valence electrons. The van der Waals surface area contributed by atoms with Gasteiger partial charge in [-0.25, -0.2) is 0 Å². The van der Waals surface area contributed by atoms with Crippen LogP contribution in [-0.2, 0) is 6.54 Å². The standard InChI is InChI=1S/C14H15BrN2O/c15-13-2-1-3-14(10-13)18-9-8-17-11-12-4-6-16-7-5-12/h1-7,10,17H,8-9,11H2. The zero-order valence-corrected chi connectivity index (χ0v) is 11.6. The first kappa shape index (κ1) is 13.1. The normalized spacial score (nSPS) is 10.3. The topological polar surface area (TPSA) is 34.1 Å². The highest BCUT2D eigenvalue weighted by molar-refractivity contribution is 9.10. The molecule has 1 aromatic heterocycles. The molecule has 1 N–H and O–H groups in total. The van der Waals surface area contributed by atoms with Gasteiger partial charge in [0.25, 0.3) is 0 Å². The van der Waals surface area contributed by atoms with E-state index < -0.39 is 0 Å². The second kappa shape index (κ2) is 7.13. The molecule has 1 aromatic carbocycles. The Labute approximate surface area is 115 Å². The van der Waals surface area contributed by atoms with Crippen LogP contribution in [0.3, 0.4) is 0 Å². The number of rotatable bonds is 6. The lowest BCUT2D eigenvalue weighted by Gasteiger charge is -2.07. The van der Waals surface area contributed by atoms with Gasteiger partial charge in [0.05, 0.1) is 0 Å². The van der Waals surface area contributed by atoms with E-state index in [9.17, 15) is 0 Å². The number of hydrogen-bond acceptors (Lipinski definition) is 3. The van der Waals surface area contributed by atoms with Crippen LogP contribution in [0.2, 0.25) is 0 Å². The van der Waals surface area contributed by atoms with Gasteiger partial charge in [-0.1, -0.05) is 22.0 Å². The van der Waals surface area contributed by atoms with Gasteiger partial charge in [0.2, 0.25) is 0 Å². The summed E-state index contributed by atoms with van der Waals surface area (Å²) in [6, 6.07) is 11.9. The number of hydrogen-bond donors (Lipinski definition) is 1. The number of nitrogens with zero attached hydrogens (tertiary/aromatic N) is 1. The molecule has 0 spiro atoms.